The lowest BCUT2D eigenvalue weighted by Gasteiger charge is -2.14. The Morgan fingerprint density at radius 1 is 1.15 bits per heavy atom. The van der Waals surface area contributed by atoms with E-state index in [1.54, 1.807) is 14.0 Å². The quantitative estimate of drug-likeness (QED) is 0.758. The Bertz CT molecular complexity index is 334. The number of carbonyl (C=O) groups excluding carboxylic acids is 1. The van der Waals surface area contributed by atoms with E-state index in [-0.39, 0.29) is 11.4 Å². The van der Waals surface area contributed by atoms with Crippen molar-refractivity contribution in [3.63, 3.8) is 0 Å². The molecule has 1 aromatic carbocycles. The molecule has 20 heavy (non-hydrogen) atoms. The van der Waals surface area contributed by atoms with Crippen LogP contribution in [0, 0.1) is 12.8 Å². The highest BCUT2D eigenvalue weighted by Crippen LogP contribution is 2.02. The highest BCUT2D eigenvalue weighted by atomic mass is 16.5. The fraction of sp³-hybridized carbons (Fsp3) is 0.611. The number of rotatable bonds is 2. The Hall–Kier alpha value is -1.15. The molecule has 0 aliphatic heterocycles. The zero-order valence-corrected chi connectivity index (χ0v) is 14.5. The van der Waals surface area contributed by atoms with Gasteiger partial charge in [-0.15, -0.1) is 0 Å². The highest BCUT2D eigenvalue weighted by Gasteiger charge is 2.04. The lowest BCUT2D eigenvalue weighted by molar-refractivity contribution is -0.117. The fourth-order valence-electron chi connectivity index (χ4n) is 1.11. The molecule has 0 saturated carbocycles. The maximum absolute atomic E-state index is 10.3. The van der Waals surface area contributed by atoms with Gasteiger partial charge in [-0.25, -0.2) is 0 Å². The van der Waals surface area contributed by atoms with Gasteiger partial charge in [0.2, 0.25) is 0 Å². The average Bonchev–Trinajstić information content (AvgIpc) is 2.29. The van der Waals surface area contributed by atoms with Crippen LogP contribution in [-0.4, -0.2) is 18.5 Å². The molecule has 0 N–H and O–H groups in total. The molecule has 2 heteroatoms. The van der Waals surface area contributed by atoms with Crippen molar-refractivity contribution in [1.82, 2.24) is 0 Å². The van der Waals surface area contributed by atoms with Gasteiger partial charge in [0, 0.05) is 13.5 Å². The topological polar surface area (TPSA) is 26.3 Å². The molecule has 0 saturated heterocycles. The maximum Gasteiger partial charge on any atom is 0.130 e. The summed E-state index contributed by atoms with van der Waals surface area (Å²) in [6, 6.07) is 10.3. The normalized spacial score (nSPS) is 10.1. The molecule has 0 bridgehead atoms. The van der Waals surface area contributed by atoms with Crippen molar-refractivity contribution in [2.45, 2.75) is 60.5 Å². The van der Waals surface area contributed by atoms with E-state index >= 15 is 0 Å². The smallest absolute Gasteiger partial charge is 0.130 e. The first-order valence-corrected chi connectivity index (χ1v) is 7.14. The molecule has 0 aliphatic rings. The number of ketones is 1. The Balaban J connectivity index is 0. The first kappa shape index (κ1) is 21.2. The molecule has 0 fully saturated rings. The molecule has 0 amide bonds. The molecule has 0 radical (unpaired) electrons. The number of hydrogen-bond donors (Lipinski definition) is 0. The van der Waals surface area contributed by atoms with Crippen LogP contribution in [0.25, 0.3) is 0 Å². The first-order valence-electron chi connectivity index (χ1n) is 7.14. The summed E-state index contributed by atoms with van der Waals surface area (Å²) in [5.74, 6) is 0.813. The van der Waals surface area contributed by atoms with E-state index in [0.29, 0.717) is 5.92 Å². The molecule has 0 atom stereocenters. The van der Waals surface area contributed by atoms with E-state index in [1.807, 2.05) is 52.8 Å². The molecule has 0 heterocycles. The van der Waals surface area contributed by atoms with Gasteiger partial charge in [-0.1, -0.05) is 49.7 Å². The number of hydrogen-bond acceptors (Lipinski definition) is 2. The van der Waals surface area contributed by atoms with E-state index in [1.165, 1.54) is 5.56 Å². The van der Waals surface area contributed by atoms with Crippen molar-refractivity contribution in [2.24, 2.45) is 5.92 Å². The first-order chi connectivity index (χ1) is 9.08. The number of ether oxygens (including phenoxy) is 1. The monoisotopic (exact) mass is 280 g/mol. The lowest BCUT2D eigenvalue weighted by atomic mass is 10.1. The van der Waals surface area contributed by atoms with Crippen molar-refractivity contribution < 1.29 is 9.53 Å². The number of carbonyl (C=O) groups is 1. The van der Waals surface area contributed by atoms with Crippen LogP contribution in [0.15, 0.2) is 30.3 Å². The van der Waals surface area contributed by atoms with Crippen molar-refractivity contribution in [3.8, 4) is 0 Å². The van der Waals surface area contributed by atoms with Crippen molar-refractivity contribution in [2.75, 3.05) is 7.11 Å². The second-order valence-electron chi connectivity index (χ2n) is 6.27. The summed E-state index contributed by atoms with van der Waals surface area (Å²) in [6.45, 7) is 13.9. The van der Waals surface area contributed by atoms with E-state index in [4.69, 9.17) is 4.74 Å². The molecule has 0 spiro atoms. The van der Waals surface area contributed by atoms with Gasteiger partial charge in [0.05, 0.1) is 5.60 Å². The maximum atomic E-state index is 10.3. The fourth-order valence-corrected chi connectivity index (χ4v) is 1.11. The van der Waals surface area contributed by atoms with Gasteiger partial charge < -0.3 is 9.53 Å². The predicted molar refractivity (Wildman–Crippen MR) is 88.1 cm³/mol. The van der Waals surface area contributed by atoms with Crippen molar-refractivity contribution in [1.29, 1.82) is 0 Å². The van der Waals surface area contributed by atoms with Gasteiger partial charge in [0.1, 0.15) is 5.78 Å². The van der Waals surface area contributed by atoms with Crippen LogP contribution in [-0.2, 0) is 9.53 Å². The highest BCUT2D eigenvalue weighted by molar-refractivity contribution is 5.75. The minimum atomic E-state index is 0.0417. The molecule has 2 nitrogen and oxygen atoms in total. The minimum absolute atomic E-state index is 0.0417. The molecule has 1 rings (SSSR count). The molecule has 0 aromatic heterocycles. The number of Topliss-reactive ketones (excluding diaryl/α,β-unsaturated/α-hetero) is 1. The standard InChI is InChI=1S/C7H8.C6H12O.C5H12O/c1-7-5-3-2-4-6-7;1-5(2)4-6(3)7;1-5(2,3)6-4/h2-6H,1H3;5H,4H2,1-3H3;1-4H3. The summed E-state index contributed by atoms with van der Waals surface area (Å²) >= 11 is 0. The van der Waals surface area contributed by atoms with E-state index in [9.17, 15) is 4.79 Å². The van der Waals surface area contributed by atoms with Crippen LogP contribution in [0.3, 0.4) is 0 Å². The predicted octanol–water partition coefficient (Wildman–Crippen LogP) is 5.05. The van der Waals surface area contributed by atoms with Crippen molar-refractivity contribution >= 4 is 5.78 Å². The van der Waals surface area contributed by atoms with Gasteiger partial charge >= 0.3 is 0 Å². The SMILES string of the molecule is CC(=O)CC(C)C.COC(C)(C)C.Cc1ccccc1. The summed E-state index contributed by atoms with van der Waals surface area (Å²) in [4.78, 5) is 10.3. The lowest BCUT2D eigenvalue weighted by Crippen LogP contribution is -2.15. The van der Waals surface area contributed by atoms with Gasteiger partial charge in [-0.2, -0.15) is 0 Å². The zero-order chi connectivity index (χ0) is 16.2. The number of benzene rings is 1. The van der Waals surface area contributed by atoms with Crippen LogP contribution < -0.4 is 0 Å². The second kappa shape index (κ2) is 11.7. The largest absolute Gasteiger partial charge is 0.379 e. The van der Waals surface area contributed by atoms with Crippen LogP contribution in [0.4, 0.5) is 0 Å². The molecule has 1 aromatic rings. The molecule has 0 aliphatic carbocycles. The third-order valence-electron chi connectivity index (χ3n) is 2.25. The summed E-state index contributed by atoms with van der Waals surface area (Å²) in [6.07, 6.45) is 0.722. The van der Waals surface area contributed by atoms with Gasteiger partial charge in [0.15, 0.2) is 0 Å². The summed E-state index contributed by atoms with van der Waals surface area (Å²) < 4.78 is 4.94. The van der Waals surface area contributed by atoms with Crippen LogP contribution >= 0.6 is 0 Å². The van der Waals surface area contributed by atoms with Gasteiger partial charge in [0.25, 0.3) is 0 Å². The number of aryl methyl sites for hydroxylation is 1. The molecule has 0 unspecified atom stereocenters. The third kappa shape index (κ3) is 22.1. The van der Waals surface area contributed by atoms with E-state index < -0.39 is 0 Å². The number of methoxy groups -OCH3 is 1. The van der Waals surface area contributed by atoms with Gasteiger partial charge in [-0.3, -0.25) is 0 Å². The molecular weight excluding hydrogens is 248 g/mol. The van der Waals surface area contributed by atoms with Crippen LogP contribution in [0.1, 0.15) is 53.5 Å². The third-order valence-corrected chi connectivity index (χ3v) is 2.25. The Labute approximate surface area is 125 Å². The Morgan fingerprint density at radius 3 is 1.65 bits per heavy atom. The average molecular weight is 280 g/mol. The Morgan fingerprint density at radius 2 is 1.55 bits per heavy atom. The molecular formula is C18H32O2. The van der Waals surface area contributed by atoms with E-state index in [0.717, 1.165) is 6.42 Å². The van der Waals surface area contributed by atoms with Crippen LogP contribution in [0.2, 0.25) is 0 Å². The van der Waals surface area contributed by atoms with E-state index in [2.05, 4.69) is 19.1 Å². The van der Waals surface area contributed by atoms with Crippen molar-refractivity contribution in [3.05, 3.63) is 35.9 Å². The second-order valence-corrected chi connectivity index (χ2v) is 6.27. The molecule has 116 valence electrons. The summed E-state index contributed by atoms with van der Waals surface area (Å²) in [7, 11) is 1.71. The van der Waals surface area contributed by atoms with Gasteiger partial charge in [-0.05, 0) is 40.5 Å². The van der Waals surface area contributed by atoms with Crippen LogP contribution in [0.5, 0.6) is 0 Å². The summed E-state index contributed by atoms with van der Waals surface area (Å²) in [5, 5.41) is 0. The summed E-state index contributed by atoms with van der Waals surface area (Å²) in [5.41, 5.74) is 1.36. The Kier molecular flexibility index (Phi) is 12.3. The zero-order valence-electron chi connectivity index (χ0n) is 14.5. The minimum Gasteiger partial charge on any atom is -0.379 e.